The molecule has 2 amide bonds. The van der Waals surface area contributed by atoms with Crippen molar-refractivity contribution in [3.63, 3.8) is 0 Å². The molecular formula is C19H22N2O3. The van der Waals surface area contributed by atoms with Crippen molar-refractivity contribution in [2.24, 2.45) is 5.92 Å². The first-order valence-corrected chi connectivity index (χ1v) is 8.40. The molecular weight excluding hydrogens is 304 g/mol. The van der Waals surface area contributed by atoms with Gasteiger partial charge in [-0.25, -0.2) is 0 Å². The highest BCUT2D eigenvalue weighted by molar-refractivity contribution is 5.91. The number of hydrogen-bond donors (Lipinski definition) is 2. The van der Waals surface area contributed by atoms with E-state index in [1.807, 2.05) is 18.2 Å². The molecule has 1 fully saturated rings. The van der Waals surface area contributed by atoms with Gasteiger partial charge in [-0.3, -0.25) is 9.59 Å². The first-order chi connectivity index (χ1) is 11.7. The van der Waals surface area contributed by atoms with Gasteiger partial charge in [0, 0.05) is 13.0 Å². The maximum absolute atomic E-state index is 12.2. The zero-order valence-electron chi connectivity index (χ0n) is 13.5. The van der Waals surface area contributed by atoms with E-state index in [1.54, 1.807) is 12.1 Å². The minimum Gasteiger partial charge on any atom is -0.459 e. The fourth-order valence-corrected chi connectivity index (χ4v) is 2.75. The molecule has 0 bridgehead atoms. The van der Waals surface area contributed by atoms with Crippen molar-refractivity contribution >= 4 is 11.8 Å². The van der Waals surface area contributed by atoms with Crippen LogP contribution in [0.5, 0.6) is 0 Å². The van der Waals surface area contributed by atoms with Gasteiger partial charge in [-0.15, -0.1) is 0 Å². The Labute approximate surface area is 141 Å². The van der Waals surface area contributed by atoms with Crippen molar-refractivity contribution in [3.05, 3.63) is 60.1 Å². The highest BCUT2D eigenvalue weighted by atomic mass is 16.3. The molecule has 3 rings (SSSR count). The summed E-state index contributed by atoms with van der Waals surface area (Å²) in [6.45, 7) is 0.451. The molecule has 1 saturated carbocycles. The smallest absolute Gasteiger partial charge is 0.286 e. The summed E-state index contributed by atoms with van der Waals surface area (Å²) in [5.41, 5.74) is 1.17. The Kier molecular flexibility index (Phi) is 5.31. The molecule has 0 saturated heterocycles. The van der Waals surface area contributed by atoms with E-state index in [9.17, 15) is 9.59 Å². The Balaban J connectivity index is 1.41. The Bertz CT molecular complexity index is 663. The predicted octanol–water partition coefficient (Wildman–Crippen LogP) is 3.06. The normalized spacial score (nSPS) is 14.8. The molecule has 5 heteroatoms. The zero-order chi connectivity index (χ0) is 16.8. The topological polar surface area (TPSA) is 71.3 Å². The average molecular weight is 326 g/mol. The maximum Gasteiger partial charge on any atom is 0.286 e. The van der Waals surface area contributed by atoms with E-state index in [0.29, 0.717) is 25.3 Å². The van der Waals surface area contributed by atoms with E-state index in [-0.39, 0.29) is 23.6 Å². The third-order valence-electron chi connectivity index (χ3n) is 4.18. The van der Waals surface area contributed by atoms with E-state index < -0.39 is 0 Å². The van der Waals surface area contributed by atoms with Crippen LogP contribution in [0.25, 0.3) is 0 Å². The van der Waals surface area contributed by atoms with E-state index in [1.165, 1.54) is 24.7 Å². The Morgan fingerprint density at radius 2 is 1.92 bits per heavy atom. The van der Waals surface area contributed by atoms with Gasteiger partial charge < -0.3 is 15.1 Å². The van der Waals surface area contributed by atoms with E-state index >= 15 is 0 Å². The van der Waals surface area contributed by atoms with Gasteiger partial charge in [-0.1, -0.05) is 30.3 Å². The molecule has 1 aromatic heterocycles. The third kappa shape index (κ3) is 4.47. The monoisotopic (exact) mass is 326 g/mol. The summed E-state index contributed by atoms with van der Waals surface area (Å²) >= 11 is 0. The molecule has 1 atom stereocenters. The fraction of sp³-hybridized carbons (Fsp3) is 0.368. The quantitative estimate of drug-likeness (QED) is 0.732. The summed E-state index contributed by atoms with van der Waals surface area (Å²) < 4.78 is 5.02. The van der Waals surface area contributed by atoms with Gasteiger partial charge in [0.15, 0.2) is 5.76 Å². The van der Waals surface area contributed by atoms with Gasteiger partial charge >= 0.3 is 0 Å². The van der Waals surface area contributed by atoms with Crippen LogP contribution in [0.15, 0.2) is 53.1 Å². The minimum absolute atomic E-state index is 0.0306. The first kappa shape index (κ1) is 16.3. The summed E-state index contributed by atoms with van der Waals surface area (Å²) in [6, 6.07) is 13.5. The van der Waals surface area contributed by atoms with Crippen molar-refractivity contribution in [3.8, 4) is 0 Å². The highest BCUT2D eigenvalue weighted by Gasteiger charge is 2.33. The standard InChI is InChI=1S/C19H22N2O3/c22-17(9-4-12-20-19(23)16-8-5-13-24-16)21-18(15-10-11-15)14-6-2-1-3-7-14/h1-3,5-8,13,15,18H,4,9-12H2,(H,20,23)(H,21,22). The number of benzene rings is 1. The summed E-state index contributed by atoms with van der Waals surface area (Å²) in [6.07, 6.45) is 4.79. The molecule has 0 spiro atoms. The largest absolute Gasteiger partial charge is 0.459 e. The maximum atomic E-state index is 12.2. The number of hydrogen-bond acceptors (Lipinski definition) is 3. The number of furan rings is 1. The van der Waals surface area contributed by atoms with Gasteiger partial charge in [0.2, 0.25) is 5.91 Å². The third-order valence-corrected chi connectivity index (χ3v) is 4.18. The average Bonchev–Trinajstić information content (AvgIpc) is 3.30. The molecule has 1 heterocycles. The van der Waals surface area contributed by atoms with Crippen LogP contribution in [0.4, 0.5) is 0 Å². The van der Waals surface area contributed by atoms with Crippen LogP contribution in [0.2, 0.25) is 0 Å². The summed E-state index contributed by atoms with van der Waals surface area (Å²) in [5.74, 6) is 0.621. The first-order valence-electron chi connectivity index (χ1n) is 8.40. The van der Waals surface area contributed by atoms with Gasteiger partial charge in [-0.2, -0.15) is 0 Å². The van der Waals surface area contributed by atoms with Crippen LogP contribution in [-0.4, -0.2) is 18.4 Å². The van der Waals surface area contributed by atoms with Gasteiger partial charge in [-0.05, 0) is 42.9 Å². The van der Waals surface area contributed by atoms with Crippen LogP contribution in [-0.2, 0) is 4.79 Å². The van der Waals surface area contributed by atoms with Crippen molar-refractivity contribution in [1.82, 2.24) is 10.6 Å². The lowest BCUT2D eigenvalue weighted by molar-refractivity contribution is -0.122. The van der Waals surface area contributed by atoms with Crippen molar-refractivity contribution in [2.45, 2.75) is 31.7 Å². The number of amides is 2. The fourth-order valence-electron chi connectivity index (χ4n) is 2.75. The molecule has 1 aliphatic rings. The second-order valence-electron chi connectivity index (χ2n) is 6.13. The van der Waals surface area contributed by atoms with Crippen LogP contribution in [0.1, 0.15) is 47.8 Å². The molecule has 0 radical (unpaired) electrons. The Hall–Kier alpha value is -2.56. The van der Waals surface area contributed by atoms with Gasteiger partial charge in [0.1, 0.15) is 0 Å². The molecule has 24 heavy (non-hydrogen) atoms. The number of rotatable bonds is 8. The van der Waals surface area contributed by atoms with E-state index in [0.717, 1.165) is 0 Å². The lowest BCUT2D eigenvalue weighted by Gasteiger charge is -2.18. The summed E-state index contributed by atoms with van der Waals surface area (Å²) in [5, 5.41) is 5.89. The summed E-state index contributed by atoms with van der Waals surface area (Å²) in [4.78, 5) is 23.9. The molecule has 1 aromatic carbocycles. The number of nitrogens with one attached hydrogen (secondary N) is 2. The van der Waals surface area contributed by atoms with Crippen molar-refractivity contribution in [1.29, 1.82) is 0 Å². The molecule has 0 aliphatic heterocycles. The minimum atomic E-state index is -0.249. The highest BCUT2D eigenvalue weighted by Crippen LogP contribution is 2.40. The summed E-state index contributed by atoms with van der Waals surface area (Å²) in [7, 11) is 0. The van der Waals surface area contributed by atoms with Crippen LogP contribution < -0.4 is 10.6 Å². The van der Waals surface area contributed by atoms with Crippen LogP contribution in [0, 0.1) is 5.92 Å². The van der Waals surface area contributed by atoms with E-state index in [4.69, 9.17) is 4.42 Å². The lowest BCUT2D eigenvalue weighted by Crippen LogP contribution is -2.31. The second kappa shape index (κ2) is 7.81. The lowest BCUT2D eigenvalue weighted by atomic mass is 10.0. The molecule has 1 unspecified atom stereocenters. The number of carbonyl (C=O) groups is 2. The van der Waals surface area contributed by atoms with E-state index in [2.05, 4.69) is 22.8 Å². The molecule has 2 aromatic rings. The zero-order valence-corrected chi connectivity index (χ0v) is 13.5. The van der Waals surface area contributed by atoms with Crippen LogP contribution in [0.3, 0.4) is 0 Å². The molecule has 2 N–H and O–H groups in total. The Morgan fingerprint density at radius 1 is 1.12 bits per heavy atom. The van der Waals surface area contributed by atoms with Crippen molar-refractivity contribution < 1.29 is 14.0 Å². The Morgan fingerprint density at radius 3 is 2.58 bits per heavy atom. The van der Waals surface area contributed by atoms with Crippen molar-refractivity contribution in [2.75, 3.05) is 6.54 Å². The molecule has 5 nitrogen and oxygen atoms in total. The molecule has 1 aliphatic carbocycles. The second-order valence-corrected chi connectivity index (χ2v) is 6.13. The molecule has 126 valence electrons. The SMILES string of the molecule is O=C(CCCNC(=O)c1ccco1)NC(c1ccccc1)C1CC1. The van der Waals surface area contributed by atoms with Gasteiger partial charge in [0.25, 0.3) is 5.91 Å². The number of carbonyl (C=O) groups excluding carboxylic acids is 2. The van der Waals surface area contributed by atoms with Gasteiger partial charge in [0.05, 0.1) is 12.3 Å². The van der Waals surface area contributed by atoms with Crippen LogP contribution >= 0.6 is 0 Å². The predicted molar refractivity (Wildman–Crippen MR) is 90.3 cm³/mol.